The monoisotopic (exact) mass is 343 g/mol. The summed E-state index contributed by atoms with van der Waals surface area (Å²) in [6.07, 6.45) is 4.00. The van der Waals surface area contributed by atoms with Gasteiger partial charge in [0.25, 0.3) is 5.91 Å². The van der Waals surface area contributed by atoms with Crippen molar-refractivity contribution in [2.75, 3.05) is 6.26 Å². The van der Waals surface area contributed by atoms with Crippen LogP contribution in [0.1, 0.15) is 15.9 Å². The number of pyridine rings is 1. The second kappa shape index (κ2) is 6.47. The van der Waals surface area contributed by atoms with E-state index < -0.39 is 21.7 Å². The van der Waals surface area contributed by atoms with Crippen LogP contribution in [0.25, 0.3) is 11.1 Å². The molecule has 0 aliphatic heterocycles. The number of benzene rings is 1. The Balaban J connectivity index is 2.82. The van der Waals surface area contributed by atoms with Crippen LogP contribution < -0.4 is 11.5 Å². The van der Waals surface area contributed by atoms with Gasteiger partial charge >= 0.3 is 0 Å². The van der Waals surface area contributed by atoms with E-state index in [0.29, 0.717) is 5.56 Å². The minimum Gasteiger partial charge on any atom is -0.370 e. The molecule has 1 aromatic heterocycles. The van der Waals surface area contributed by atoms with E-state index in [1.165, 1.54) is 18.5 Å². The molecule has 1 amide bonds. The first-order chi connectivity index (χ1) is 11.2. The van der Waals surface area contributed by atoms with Crippen molar-refractivity contribution in [3.8, 4) is 17.2 Å². The summed E-state index contributed by atoms with van der Waals surface area (Å²) in [4.78, 5) is 19.2. The zero-order valence-corrected chi connectivity index (χ0v) is 13.4. The zero-order valence-electron chi connectivity index (χ0n) is 12.6. The molecule has 2 aromatic rings. The van der Waals surface area contributed by atoms with Crippen LogP contribution in [-0.2, 0) is 9.84 Å². The Morgan fingerprint density at radius 1 is 1.33 bits per heavy atom. The van der Waals surface area contributed by atoms with E-state index in [-0.39, 0.29) is 21.6 Å². The number of guanidine groups is 1. The molecule has 0 saturated heterocycles. The highest BCUT2D eigenvalue weighted by Crippen LogP contribution is 2.30. The molecule has 0 fully saturated rings. The fourth-order valence-electron chi connectivity index (χ4n) is 2.08. The lowest BCUT2D eigenvalue weighted by Gasteiger charge is -2.11. The van der Waals surface area contributed by atoms with Gasteiger partial charge in [-0.25, -0.2) is 8.42 Å². The number of rotatable bonds is 3. The predicted molar refractivity (Wildman–Crippen MR) is 87.6 cm³/mol. The third kappa shape index (κ3) is 3.56. The van der Waals surface area contributed by atoms with Gasteiger partial charge in [-0.2, -0.15) is 10.3 Å². The lowest BCUT2D eigenvalue weighted by molar-refractivity contribution is 0.100. The number of sulfone groups is 1. The average Bonchev–Trinajstić information content (AvgIpc) is 2.52. The SMILES string of the molecule is CS(=O)(=O)c1cc(C(=O)N=C(N)N)c(C#N)cc1-c1cccnc1. The number of nitrogens with zero attached hydrogens (tertiary/aromatic N) is 3. The lowest BCUT2D eigenvalue weighted by Crippen LogP contribution is -2.24. The number of nitrogens with two attached hydrogens (primary N) is 2. The Bertz CT molecular complexity index is 972. The van der Waals surface area contributed by atoms with Crippen LogP contribution in [0.3, 0.4) is 0 Å². The minimum absolute atomic E-state index is 0.0451. The molecular formula is C15H13N5O3S. The van der Waals surface area contributed by atoms with E-state index in [0.717, 1.165) is 12.3 Å². The van der Waals surface area contributed by atoms with Crippen molar-refractivity contribution >= 4 is 21.7 Å². The van der Waals surface area contributed by atoms with E-state index in [1.54, 1.807) is 12.1 Å². The Kier molecular flexibility index (Phi) is 4.61. The first-order valence-corrected chi connectivity index (χ1v) is 8.45. The van der Waals surface area contributed by atoms with Gasteiger partial charge in [0.15, 0.2) is 15.8 Å². The number of hydrogen-bond donors (Lipinski definition) is 2. The van der Waals surface area contributed by atoms with E-state index in [9.17, 15) is 18.5 Å². The smallest absolute Gasteiger partial charge is 0.281 e. The molecule has 2 rings (SSSR count). The van der Waals surface area contributed by atoms with Gasteiger partial charge in [0.1, 0.15) is 0 Å². The lowest BCUT2D eigenvalue weighted by atomic mass is 10.00. The van der Waals surface area contributed by atoms with Crippen LogP contribution in [0.4, 0.5) is 0 Å². The summed E-state index contributed by atoms with van der Waals surface area (Å²) in [6, 6.07) is 7.54. The summed E-state index contributed by atoms with van der Waals surface area (Å²) in [6.45, 7) is 0. The maximum absolute atomic E-state index is 12.1. The van der Waals surface area contributed by atoms with Gasteiger partial charge in [0, 0.05) is 29.8 Å². The highest BCUT2D eigenvalue weighted by Gasteiger charge is 2.21. The second-order valence-electron chi connectivity index (χ2n) is 4.86. The molecule has 0 aliphatic carbocycles. The van der Waals surface area contributed by atoms with Crippen LogP contribution >= 0.6 is 0 Å². The minimum atomic E-state index is -3.69. The van der Waals surface area contributed by atoms with Gasteiger partial charge in [0.05, 0.1) is 22.1 Å². The quantitative estimate of drug-likeness (QED) is 0.605. The number of aromatic nitrogens is 1. The molecule has 0 radical (unpaired) electrons. The summed E-state index contributed by atoms with van der Waals surface area (Å²) in [5, 5.41) is 9.29. The molecule has 0 saturated carbocycles. The number of carbonyl (C=O) groups excluding carboxylic acids is 1. The summed E-state index contributed by atoms with van der Waals surface area (Å²) in [5.41, 5.74) is 10.9. The van der Waals surface area contributed by atoms with Gasteiger partial charge in [0.2, 0.25) is 0 Å². The molecule has 24 heavy (non-hydrogen) atoms. The van der Waals surface area contributed by atoms with Crippen LogP contribution in [0.15, 0.2) is 46.5 Å². The van der Waals surface area contributed by atoms with Crippen molar-refractivity contribution in [2.45, 2.75) is 4.90 Å². The molecule has 9 heteroatoms. The first kappa shape index (κ1) is 17.1. The van der Waals surface area contributed by atoms with Gasteiger partial charge in [-0.3, -0.25) is 9.78 Å². The normalized spacial score (nSPS) is 10.7. The predicted octanol–water partition coefficient (Wildman–Crippen LogP) is 0.437. The molecule has 4 N–H and O–H groups in total. The van der Waals surface area contributed by atoms with Crippen molar-refractivity contribution in [2.24, 2.45) is 16.5 Å². The maximum Gasteiger partial charge on any atom is 0.281 e. The second-order valence-corrected chi connectivity index (χ2v) is 6.85. The molecule has 8 nitrogen and oxygen atoms in total. The van der Waals surface area contributed by atoms with Crippen molar-refractivity contribution in [3.63, 3.8) is 0 Å². The van der Waals surface area contributed by atoms with Crippen LogP contribution in [0, 0.1) is 11.3 Å². The largest absolute Gasteiger partial charge is 0.370 e. The molecule has 0 bridgehead atoms. The molecule has 122 valence electrons. The average molecular weight is 343 g/mol. The number of amides is 1. The summed E-state index contributed by atoms with van der Waals surface area (Å²) in [7, 11) is -3.69. The van der Waals surface area contributed by atoms with E-state index in [4.69, 9.17) is 11.5 Å². The molecule has 1 heterocycles. The molecule has 1 aromatic carbocycles. The standard InChI is InChI=1S/C15H13N5O3S/c1-24(22,23)13-6-12(14(21)20-15(17)18)10(7-16)5-11(13)9-3-2-4-19-8-9/h2-6,8H,1H3,(H4,17,18,20,21). The van der Waals surface area contributed by atoms with Crippen molar-refractivity contribution < 1.29 is 13.2 Å². The van der Waals surface area contributed by atoms with Gasteiger partial charge < -0.3 is 11.5 Å². The highest BCUT2D eigenvalue weighted by molar-refractivity contribution is 7.90. The van der Waals surface area contributed by atoms with E-state index in [1.807, 2.05) is 6.07 Å². The molecule has 0 atom stereocenters. The number of aliphatic imine (C=N–C) groups is 1. The number of carbonyl (C=O) groups is 1. The van der Waals surface area contributed by atoms with Crippen LogP contribution in [0.2, 0.25) is 0 Å². The Labute approximate surface area is 138 Å². The molecule has 0 aliphatic rings. The van der Waals surface area contributed by atoms with E-state index in [2.05, 4.69) is 9.98 Å². The fraction of sp³-hybridized carbons (Fsp3) is 0.0667. The third-order valence-electron chi connectivity index (χ3n) is 3.07. The Morgan fingerprint density at radius 3 is 2.54 bits per heavy atom. The van der Waals surface area contributed by atoms with Gasteiger partial charge in [-0.1, -0.05) is 6.07 Å². The van der Waals surface area contributed by atoms with Crippen LogP contribution in [-0.4, -0.2) is 31.5 Å². The number of nitriles is 1. The third-order valence-corrected chi connectivity index (χ3v) is 4.21. The fourth-order valence-corrected chi connectivity index (χ4v) is 2.99. The summed E-state index contributed by atoms with van der Waals surface area (Å²) < 4.78 is 24.2. The van der Waals surface area contributed by atoms with E-state index >= 15 is 0 Å². The van der Waals surface area contributed by atoms with Crippen LogP contribution in [0.5, 0.6) is 0 Å². The van der Waals surface area contributed by atoms with Crippen molar-refractivity contribution in [1.29, 1.82) is 5.26 Å². The van der Waals surface area contributed by atoms with Crippen molar-refractivity contribution in [3.05, 3.63) is 47.8 Å². The van der Waals surface area contributed by atoms with Crippen molar-refractivity contribution in [1.82, 2.24) is 4.98 Å². The van der Waals surface area contributed by atoms with Gasteiger partial charge in [-0.05, 0) is 18.2 Å². The Hall–Kier alpha value is -3.25. The molecule has 0 unspecified atom stereocenters. The number of hydrogen-bond acceptors (Lipinski definition) is 5. The molecular weight excluding hydrogens is 330 g/mol. The topological polar surface area (TPSA) is 152 Å². The molecule has 0 spiro atoms. The highest BCUT2D eigenvalue weighted by atomic mass is 32.2. The van der Waals surface area contributed by atoms with Gasteiger partial charge in [-0.15, -0.1) is 0 Å². The maximum atomic E-state index is 12.1. The summed E-state index contributed by atoms with van der Waals surface area (Å²) in [5.74, 6) is -1.38. The first-order valence-electron chi connectivity index (χ1n) is 6.56. The Morgan fingerprint density at radius 2 is 2.04 bits per heavy atom. The summed E-state index contributed by atoms with van der Waals surface area (Å²) >= 11 is 0. The zero-order chi connectivity index (χ0) is 17.9.